The number of alkyl halides is 3. The molecule has 3 aromatic rings. The van der Waals surface area contributed by atoms with E-state index in [1.807, 2.05) is 24.3 Å². The van der Waals surface area contributed by atoms with Gasteiger partial charge in [-0.15, -0.1) is 5.10 Å². The maximum atomic E-state index is 13.0. The van der Waals surface area contributed by atoms with Crippen molar-refractivity contribution in [2.45, 2.75) is 31.1 Å². The van der Waals surface area contributed by atoms with Crippen LogP contribution in [0.2, 0.25) is 0 Å². The van der Waals surface area contributed by atoms with Gasteiger partial charge in [-0.3, -0.25) is 4.79 Å². The zero-order valence-corrected chi connectivity index (χ0v) is 16.5. The Morgan fingerprint density at radius 2 is 1.83 bits per heavy atom. The number of carbonyl (C=O) groups is 1. The number of nitrogens with zero attached hydrogens (tertiary/aromatic N) is 4. The molecule has 0 spiro atoms. The van der Waals surface area contributed by atoms with Crippen molar-refractivity contribution < 1.29 is 18.0 Å². The number of halogens is 3. The first-order valence-electron chi connectivity index (χ1n) is 8.73. The fourth-order valence-corrected chi connectivity index (χ4v) is 3.28. The van der Waals surface area contributed by atoms with E-state index in [4.69, 9.17) is 0 Å². The van der Waals surface area contributed by atoms with Gasteiger partial charge >= 0.3 is 6.18 Å². The lowest BCUT2D eigenvalue weighted by molar-refractivity contribution is -0.137. The SMILES string of the molecule is CC(C)c1ccc(-n2nnnc2SCC(=O)Nc2ccccc2C(F)(F)F)cc1. The molecule has 152 valence electrons. The van der Waals surface area contributed by atoms with E-state index in [1.54, 1.807) is 0 Å². The maximum absolute atomic E-state index is 13.0. The number of tetrazole rings is 1. The molecule has 0 unspecified atom stereocenters. The van der Waals surface area contributed by atoms with Crippen LogP contribution in [-0.4, -0.2) is 31.9 Å². The van der Waals surface area contributed by atoms with Crippen LogP contribution >= 0.6 is 11.8 Å². The first-order chi connectivity index (χ1) is 13.8. The normalized spacial score (nSPS) is 11.7. The highest BCUT2D eigenvalue weighted by molar-refractivity contribution is 7.99. The van der Waals surface area contributed by atoms with Crippen molar-refractivity contribution in [3.63, 3.8) is 0 Å². The van der Waals surface area contributed by atoms with Gasteiger partial charge in [-0.2, -0.15) is 17.9 Å². The Hall–Kier alpha value is -2.88. The van der Waals surface area contributed by atoms with Gasteiger partial charge in [-0.25, -0.2) is 0 Å². The first-order valence-corrected chi connectivity index (χ1v) is 9.72. The van der Waals surface area contributed by atoms with Crippen LogP contribution in [0, 0.1) is 0 Å². The largest absolute Gasteiger partial charge is 0.418 e. The van der Waals surface area contributed by atoms with Crippen LogP contribution in [0.5, 0.6) is 0 Å². The van der Waals surface area contributed by atoms with Gasteiger partial charge in [0.1, 0.15) is 0 Å². The zero-order valence-electron chi connectivity index (χ0n) is 15.6. The smallest absolute Gasteiger partial charge is 0.325 e. The number of benzene rings is 2. The standard InChI is InChI=1S/C19H18F3N5OS/c1-12(2)13-7-9-14(10-8-13)27-18(24-25-26-27)29-11-17(28)23-16-6-4-3-5-15(16)19(20,21)22/h3-10,12H,11H2,1-2H3,(H,23,28). The molecule has 1 amide bonds. The van der Waals surface area contributed by atoms with Crippen LogP contribution < -0.4 is 5.32 Å². The monoisotopic (exact) mass is 421 g/mol. The van der Waals surface area contributed by atoms with Gasteiger partial charge in [0.15, 0.2) is 0 Å². The van der Waals surface area contributed by atoms with E-state index in [2.05, 4.69) is 34.7 Å². The summed E-state index contributed by atoms with van der Waals surface area (Å²) in [5.74, 6) is -0.345. The molecule has 0 saturated carbocycles. The number of hydrogen-bond donors (Lipinski definition) is 1. The summed E-state index contributed by atoms with van der Waals surface area (Å²) >= 11 is 1.03. The van der Waals surface area contributed by atoms with Crippen molar-refractivity contribution in [1.82, 2.24) is 20.2 Å². The van der Waals surface area contributed by atoms with Gasteiger partial charge in [0.2, 0.25) is 11.1 Å². The second kappa shape index (κ2) is 8.64. The molecular weight excluding hydrogens is 403 g/mol. The molecule has 1 heterocycles. The number of hydrogen-bond acceptors (Lipinski definition) is 5. The number of nitrogens with one attached hydrogen (secondary N) is 1. The third kappa shape index (κ3) is 5.14. The predicted molar refractivity (Wildman–Crippen MR) is 104 cm³/mol. The van der Waals surface area contributed by atoms with Gasteiger partial charge < -0.3 is 5.32 Å². The van der Waals surface area contributed by atoms with Crippen LogP contribution in [-0.2, 0) is 11.0 Å². The Morgan fingerprint density at radius 3 is 2.48 bits per heavy atom. The van der Waals surface area contributed by atoms with Crippen molar-refractivity contribution in [2.75, 3.05) is 11.1 Å². The maximum Gasteiger partial charge on any atom is 0.418 e. The average molecular weight is 421 g/mol. The molecule has 0 radical (unpaired) electrons. The van der Waals surface area contributed by atoms with E-state index in [9.17, 15) is 18.0 Å². The Bertz CT molecular complexity index is 986. The quantitative estimate of drug-likeness (QED) is 0.592. The Balaban J connectivity index is 1.68. The third-order valence-corrected chi connectivity index (χ3v) is 5.00. The lowest BCUT2D eigenvalue weighted by Crippen LogP contribution is -2.18. The van der Waals surface area contributed by atoms with Crippen molar-refractivity contribution in [1.29, 1.82) is 0 Å². The number of aromatic nitrogens is 4. The van der Waals surface area contributed by atoms with E-state index >= 15 is 0 Å². The molecule has 29 heavy (non-hydrogen) atoms. The molecular formula is C19H18F3N5OS. The molecule has 0 fully saturated rings. The summed E-state index contributed by atoms with van der Waals surface area (Å²) in [6.45, 7) is 4.17. The number of thioether (sulfide) groups is 1. The molecule has 10 heteroatoms. The minimum Gasteiger partial charge on any atom is -0.325 e. The van der Waals surface area contributed by atoms with Gasteiger partial charge in [-0.1, -0.05) is 49.9 Å². The topological polar surface area (TPSA) is 72.7 Å². The lowest BCUT2D eigenvalue weighted by Gasteiger charge is -2.13. The Morgan fingerprint density at radius 1 is 1.14 bits per heavy atom. The fourth-order valence-electron chi connectivity index (χ4n) is 2.59. The molecule has 0 bridgehead atoms. The van der Waals surface area contributed by atoms with Gasteiger partial charge in [-0.05, 0) is 46.2 Å². The van der Waals surface area contributed by atoms with E-state index in [0.29, 0.717) is 11.1 Å². The van der Waals surface area contributed by atoms with E-state index in [-0.39, 0.29) is 11.4 Å². The zero-order chi connectivity index (χ0) is 21.0. The summed E-state index contributed by atoms with van der Waals surface area (Å²) < 4.78 is 40.6. The van der Waals surface area contributed by atoms with Crippen LogP contribution in [0.15, 0.2) is 53.7 Å². The van der Waals surface area contributed by atoms with Crippen LogP contribution in [0.3, 0.4) is 0 Å². The summed E-state index contributed by atoms with van der Waals surface area (Å²) in [5.41, 5.74) is 0.714. The summed E-state index contributed by atoms with van der Waals surface area (Å²) in [4.78, 5) is 12.2. The van der Waals surface area contributed by atoms with Gasteiger partial charge in [0.25, 0.3) is 0 Å². The minimum absolute atomic E-state index is 0.142. The van der Waals surface area contributed by atoms with Crippen molar-refractivity contribution in [2.24, 2.45) is 0 Å². The number of anilines is 1. The number of carbonyl (C=O) groups excluding carboxylic acids is 1. The van der Waals surface area contributed by atoms with Crippen molar-refractivity contribution in [3.8, 4) is 5.69 Å². The molecule has 0 atom stereocenters. The molecule has 2 aromatic carbocycles. The molecule has 1 aromatic heterocycles. The molecule has 3 rings (SSSR count). The third-order valence-electron chi connectivity index (χ3n) is 4.08. The second-order valence-corrected chi connectivity index (χ2v) is 7.44. The fraction of sp³-hybridized carbons (Fsp3) is 0.263. The number of para-hydroxylation sites is 1. The minimum atomic E-state index is -4.55. The molecule has 0 aliphatic rings. The van der Waals surface area contributed by atoms with Crippen LogP contribution in [0.1, 0.15) is 30.9 Å². The average Bonchev–Trinajstić information content (AvgIpc) is 3.14. The van der Waals surface area contributed by atoms with E-state index in [0.717, 1.165) is 23.5 Å². The van der Waals surface area contributed by atoms with Crippen LogP contribution in [0.4, 0.5) is 18.9 Å². The summed E-state index contributed by atoms with van der Waals surface area (Å²) in [6.07, 6.45) is -4.55. The highest BCUT2D eigenvalue weighted by Gasteiger charge is 2.33. The number of amides is 1. The molecule has 1 N–H and O–H groups in total. The Kier molecular flexibility index (Phi) is 6.21. The Labute approximate surface area is 169 Å². The van der Waals surface area contributed by atoms with Crippen LogP contribution in [0.25, 0.3) is 5.69 Å². The summed E-state index contributed by atoms with van der Waals surface area (Å²) in [6, 6.07) is 12.5. The molecule has 0 aliphatic heterocycles. The van der Waals surface area contributed by atoms with E-state index < -0.39 is 17.6 Å². The van der Waals surface area contributed by atoms with E-state index in [1.165, 1.54) is 28.4 Å². The lowest BCUT2D eigenvalue weighted by atomic mass is 10.0. The summed E-state index contributed by atoms with van der Waals surface area (Å²) in [7, 11) is 0. The molecule has 0 aliphatic carbocycles. The van der Waals surface area contributed by atoms with Gasteiger partial charge in [0.05, 0.1) is 22.7 Å². The highest BCUT2D eigenvalue weighted by atomic mass is 32.2. The first kappa shape index (κ1) is 20.8. The number of rotatable bonds is 6. The van der Waals surface area contributed by atoms with Crippen molar-refractivity contribution >= 4 is 23.4 Å². The second-order valence-electron chi connectivity index (χ2n) is 6.50. The molecule has 0 saturated heterocycles. The predicted octanol–water partition coefficient (Wildman–Crippen LogP) is 4.54. The highest BCUT2D eigenvalue weighted by Crippen LogP contribution is 2.34. The molecule has 6 nitrogen and oxygen atoms in total. The van der Waals surface area contributed by atoms with Crippen molar-refractivity contribution in [3.05, 3.63) is 59.7 Å². The summed E-state index contributed by atoms with van der Waals surface area (Å²) in [5, 5.41) is 14.1. The van der Waals surface area contributed by atoms with Gasteiger partial charge in [0, 0.05) is 0 Å².